The van der Waals surface area contributed by atoms with Crippen molar-refractivity contribution in [2.45, 2.75) is 26.4 Å². The fourth-order valence-electron chi connectivity index (χ4n) is 2.31. The van der Waals surface area contributed by atoms with Crippen molar-refractivity contribution in [1.29, 1.82) is 0 Å². The van der Waals surface area contributed by atoms with E-state index in [4.69, 9.17) is 4.74 Å². The number of rotatable bonds is 6. The van der Waals surface area contributed by atoms with E-state index in [-0.39, 0.29) is 5.91 Å². The first-order valence-corrected chi connectivity index (χ1v) is 7.77. The lowest BCUT2D eigenvalue weighted by Gasteiger charge is -2.19. The summed E-state index contributed by atoms with van der Waals surface area (Å²) < 4.78 is 5.09. The van der Waals surface area contributed by atoms with Crippen LogP contribution >= 0.6 is 0 Å². The smallest absolute Gasteiger partial charge is 0.230 e. The Morgan fingerprint density at radius 2 is 1.74 bits per heavy atom. The first-order chi connectivity index (χ1) is 11.0. The Labute approximate surface area is 137 Å². The highest BCUT2D eigenvalue weighted by Gasteiger charge is 2.23. The van der Waals surface area contributed by atoms with Gasteiger partial charge < -0.3 is 15.2 Å². The van der Waals surface area contributed by atoms with E-state index in [0.717, 1.165) is 12.1 Å². The largest absolute Gasteiger partial charge is 0.497 e. The molecule has 122 valence electrons. The molecule has 4 nitrogen and oxygen atoms in total. The molecule has 4 heteroatoms. The number of methoxy groups -OCH3 is 1. The van der Waals surface area contributed by atoms with E-state index in [1.54, 1.807) is 38.3 Å². The minimum Gasteiger partial charge on any atom is -0.497 e. The van der Waals surface area contributed by atoms with Gasteiger partial charge in [0.2, 0.25) is 5.91 Å². The molecular formula is C19H23NO3. The summed E-state index contributed by atoms with van der Waals surface area (Å²) >= 11 is 0. The fourth-order valence-corrected chi connectivity index (χ4v) is 2.31. The van der Waals surface area contributed by atoms with Crippen LogP contribution in [0.25, 0.3) is 0 Å². The van der Waals surface area contributed by atoms with Gasteiger partial charge in [-0.25, -0.2) is 0 Å². The van der Waals surface area contributed by atoms with Crippen LogP contribution in [-0.2, 0) is 11.2 Å². The molecule has 23 heavy (non-hydrogen) atoms. The Kier molecular flexibility index (Phi) is 5.77. The van der Waals surface area contributed by atoms with Gasteiger partial charge in [0.05, 0.1) is 19.1 Å². The van der Waals surface area contributed by atoms with E-state index in [1.165, 1.54) is 5.56 Å². The molecule has 0 saturated carbocycles. The van der Waals surface area contributed by atoms with Crippen molar-refractivity contribution in [3.8, 4) is 5.75 Å². The zero-order valence-corrected chi connectivity index (χ0v) is 13.7. The number of hydrogen-bond donors (Lipinski definition) is 2. The zero-order chi connectivity index (χ0) is 16.8. The van der Waals surface area contributed by atoms with E-state index in [9.17, 15) is 9.90 Å². The molecule has 0 heterocycles. The zero-order valence-electron chi connectivity index (χ0n) is 13.7. The average Bonchev–Trinajstić information content (AvgIpc) is 2.61. The maximum Gasteiger partial charge on any atom is 0.230 e. The summed E-state index contributed by atoms with van der Waals surface area (Å²) in [5, 5.41) is 13.2. The second-order valence-electron chi connectivity index (χ2n) is 5.55. The summed E-state index contributed by atoms with van der Waals surface area (Å²) in [6, 6.07) is 14.8. The number of carbonyl (C=O) groups excluding carboxylic acids is 1. The molecule has 2 aromatic rings. The maximum absolute atomic E-state index is 12.3. The predicted octanol–water partition coefficient (Wildman–Crippen LogP) is 3.57. The van der Waals surface area contributed by atoms with Crippen molar-refractivity contribution in [1.82, 2.24) is 0 Å². The summed E-state index contributed by atoms with van der Waals surface area (Å²) in [6.45, 7) is 3.80. The van der Waals surface area contributed by atoms with Crippen LogP contribution in [0.2, 0.25) is 0 Å². The number of aliphatic hydroxyl groups excluding tert-OH is 1. The average molecular weight is 313 g/mol. The summed E-state index contributed by atoms with van der Waals surface area (Å²) in [5.74, 6) is -0.0547. The lowest BCUT2D eigenvalue weighted by molar-refractivity contribution is -0.122. The molecule has 0 aliphatic carbocycles. The van der Waals surface area contributed by atoms with Crippen LogP contribution < -0.4 is 10.1 Å². The first kappa shape index (κ1) is 17.0. The van der Waals surface area contributed by atoms with E-state index in [2.05, 4.69) is 12.2 Å². The minimum atomic E-state index is -0.865. The lowest BCUT2D eigenvalue weighted by Crippen LogP contribution is -2.25. The molecule has 2 aromatic carbocycles. The number of anilines is 1. The van der Waals surface area contributed by atoms with E-state index < -0.39 is 12.0 Å². The summed E-state index contributed by atoms with van der Waals surface area (Å²) in [7, 11) is 1.59. The number of aryl methyl sites for hydroxylation is 1. The lowest BCUT2D eigenvalue weighted by atomic mass is 9.96. The van der Waals surface area contributed by atoms with Gasteiger partial charge in [0.1, 0.15) is 5.75 Å². The molecule has 0 aromatic heterocycles. The van der Waals surface area contributed by atoms with E-state index in [1.807, 2.05) is 24.3 Å². The Balaban J connectivity index is 2.02. The maximum atomic E-state index is 12.3. The van der Waals surface area contributed by atoms with Crippen LogP contribution in [0.5, 0.6) is 5.75 Å². The molecule has 0 unspecified atom stereocenters. The van der Waals surface area contributed by atoms with Crippen LogP contribution in [0, 0.1) is 5.92 Å². The topological polar surface area (TPSA) is 58.6 Å². The highest BCUT2D eigenvalue weighted by atomic mass is 16.5. The molecule has 0 aliphatic heterocycles. The standard InChI is InChI=1S/C19H23NO3/c1-4-14-5-9-16(10-6-14)20-19(22)13(2)18(21)15-7-11-17(23-3)12-8-15/h5-13,18,21H,4H2,1-3H3,(H,20,22)/t13-,18+/m0/s1. The second kappa shape index (κ2) is 7.79. The SMILES string of the molecule is CCc1ccc(NC(=O)[C@@H](C)[C@@H](O)c2ccc(OC)cc2)cc1. The number of aliphatic hydroxyl groups is 1. The molecule has 2 atom stereocenters. The molecule has 0 bridgehead atoms. The van der Waals surface area contributed by atoms with Gasteiger partial charge in [-0.15, -0.1) is 0 Å². The van der Waals surface area contributed by atoms with Crippen molar-refractivity contribution >= 4 is 11.6 Å². The number of nitrogens with one attached hydrogen (secondary N) is 1. The van der Waals surface area contributed by atoms with Crippen molar-refractivity contribution < 1.29 is 14.6 Å². The highest BCUT2D eigenvalue weighted by Crippen LogP contribution is 2.25. The van der Waals surface area contributed by atoms with E-state index in [0.29, 0.717) is 11.3 Å². The van der Waals surface area contributed by atoms with Crippen LogP contribution in [0.1, 0.15) is 31.1 Å². The minimum absolute atomic E-state index is 0.211. The molecule has 0 spiro atoms. The Hall–Kier alpha value is -2.33. The third-order valence-corrected chi connectivity index (χ3v) is 3.97. The second-order valence-corrected chi connectivity index (χ2v) is 5.55. The number of carbonyl (C=O) groups is 1. The molecule has 0 aliphatic rings. The van der Waals surface area contributed by atoms with Crippen LogP contribution in [0.4, 0.5) is 5.69 Å². The number of ether oxygens (including phenoxy) is 1. The van der Waals surface area contributed by atoms with Crippen molar-refractivity contribution in [2.75, 3.05) is 12.4 Å². The van der Waals surface area contributed by atoms with Gasteiger partial charge in [-0.1, -0.05) is 38.1 Å². The van der Waals surface area contributed by atoms with Gasteiger partial charge in [-0.05, 0) is 41.8 Å². The molecule has 0 fully saturated rings. The highest BCUT2D eigenvalue weighted by molar-refractivity contribution is 5.92. The van der Waals surface area contributed by atoms with Gasteiger partial charge in [0.15, 0.2) is 0 Å². The third-order valence-electron chi connectivity index (χ3n) is 3.97. The first-order valence-electron chi connectivity index (χ1n) is 7.77. The number of benzene rings is 2. The number of hydrogen-bond acceptors (Lipinski definition) is 3. The van der Waals surface area contributed by atoms with Crippen LogP contribution in [0.3, 0.4) is 0 Å². The molecule has 2 rings (SSSR count). The normalized spacial score (nSPS) is 13.2. The molecular weight excluding hydrogens is 290 g/mol. The van der Waals surface area contributed by atoms with Gasteiger partial charge >= 0.3 is 0 Å². The van der Waals surface area contributed by atoms with Crippen molar-refractivity contribution in [2.24, 2.45) is 5.92 Å². The van der Waals surface area contributed by atoms with Crippen molar-refractivity contribution in [3.63, 3.8) is 0 Å². The predicted molar refractivity (Wildman–Crippen MR) is 91.6 cm³/mol. The fraction of sp³-hybridized carbons (Fsp3) is 0.316. The molecule has 0 saturated heterocycles. The summed E-state index contributed by atoms with van der Waals surface area (Å²) in [4.78, 5) is 12.3. The van der Waals surface area contributed by atoms with Gasteiger partial charge in [-0.3, -0.25) is 4.79 Å². The van der Waals surface area contributed by atoms with Crippen LogP contribution in [-0.4, -0.2) is 18.1 Å². The Morgan fingerprint density at radius 3 is 2.26 bits per heavy atom. The van der Waals surface area contributed by atoms with Crippen molar-refractivity contribution in [3.05, 3.63) is 59.7 Å². The molecule has 1 amide bonds. The third kappa shape index (κ3) is 4.33. The summed E-state index contributed by atoms with van der Waals surface area (Å²) in [6.07, 6.45) is 0.0942. The monoisotopic (exact) mass is 313 g/mol. The number of amides is 1. The van der Waals surface area contributed by atoms with Gasteiger partial charge in [-0.2, -0.15) is 0 Å². The van der Waals surface area contributed by atoms with E-state index >= 15 is 0 Å². The Bertz CT molecular complexity index is 635. The Morgan fingerprint density at radius 1 is 1.13 bits per heavy atom. The summed E-state index contributed by atoms with van der Waals surface area (Å²) in [5.41, 5.74) is 2.64. The molecule has 0 radical (unpaired) electrons. The van der Waals surface area contributed by atoms with Crippen LogP contribution in [0.15, 0.2) is 48.5 Å². The molecule has 2 N–H and O–H groups in total. The van der Waals surface area contributed by atoms with Gasteiger partial charge in [0.25, 0.3) is 0 Å². The quantitative estimate of drug-likeness (QED) is 0.857. The van der Waals surface area contributed by atoms with Gasteiger partial charge in [0, 0.05) is 5.69 Å².